The SMILES string of the molecule is CCC(C[N+]1(/N=C(\[O-])c2ccccc2OC)CCCCC1)OC(=O)Nc1ccccc1. The van der Waals surface area contributed by atoms with Crippen molar-refractivity contribution in [2.24, 2.45) is 5.10 Å². The number of likely N-dealkylation sites (tertiary alicyclic amines) is 1. The standard InChI is InChI=1S/C24H31N3O4/c1-3-20(31-24(29)25-19-12-6-4-7-13-19)18-27(16-10-5-11-17-27)26-23(28)21-14-8-9-15-22(21)30-2/h4,6-9,12-15,20H,3,5,10-11,16-18H2,1-2H3,(H-,25,26,28,29). The molecule has 31 heavy (non-hydrogen) atoms. The van der Waals surface area contributed by atoms with Crippen molar-refractivity contribution in [3.8, 4) is 5.75 Å². The fourth-order valence-corrected chi connectivity index (χ4v) is 3.94. The maximum absolute atomic E-state index is 13.0. The lowest BCUT2D eigenvalue weighted by atomic mass is 10.1. The van der Waals surface area contributed by atoms with Crippen LogP contribution in [-0.2, 0) is 4.74 Å². The molecule has 0 bridgehead atoms. The van der Waals surface area contributed by atoms with Crippen LogP contribution in [0.15, 0.2) is 59.7 Å². The highest BCUT2D eigenvalue weighted by atomic mass is 16.6. The average molecular weight is 426 g/mol. The van der Waals surface area contributed by atoms with E-state index in [2.05, 4.69) is 10.4 Å². The number of hydrogen-bond acceptors (Lipinski definition) is 5. The van der Waals surface area contributed by atoms with E-state index in [9.17, 15) is 9.90 Å². The normalized spacial score (nSPS) is 16.9. The zero-order valence-electron chi connectivity index (χ0n) is 18.3. The van der Waals surface area contributed by atoms with Crippen LogP contribution in [0.25, 0.3) is 0 Å². The van der Waals surface area contributed by atoms with Gasteiger partial charge in [-0.1, -0.05) is 48.4 Å². The summed E-state index contributed by atoms with van der Waals surface area (Å²) in [7, 11) is 1.55. The number of quaternary nitrogens is 1. The van der Waals surface area contributed by atoms with Gasteiger partial charge in [0.05, 0.1) is 13.0 Å². The Hall–Kier alpha value is -3.06. The van der Waals surface area contributed by atoms with Gasteiger partial charge in [-0.15, -0.1) is 0 Å². The Labute approximate surface area is 183 Å². The molecule has 1 aliphatic heterocycles. The van der Waals surface area contributed by atoms with E-state index in [-0.39, 0.29) is 16.6 Å². The summed E-state index contributed by atoms with van der Waals surface area (Å²) in [6.07, 6.45) is 2.87. The Kier molecular flexibility index (Phi) is 7.89. The van der Waals surface area contributed by atoms with Crippen LogP contribution >= 0.6 is 0 Å². The third-order valence-electron chi connectivity index (χ3n) is 5.58. The number of hydrogen-bond donors (Lipinski definition) is 1. The molecule has 1 fully saturated rings. The number of methoxy groups -OCH3 is 1. The monoisotopic (exact) mass is 425 g/mol. The van der Waals surface area contributed by atoms with E-state index < -0.39 is 6.09 Å². The summed E-state index contributed by atoms with van der Waals surface area (Å²) in [4.78, 5) is 12.4. The molecular formula is C24H31N3O4. The first-order valence-electron chi connectivity index (χ1n) is 10.8. The fraction of sp³-hybridized carbons (Fsp3) is 0.417. The van der Waals surface area contributed by atoms with Crippen molar-refractivity contribution in [2.45, 2.75) is 38.7 Å². The van der Waals surface area contributed by atoms with Gasteiger partial charge >= 0.3 is 6.09 Å². The molecule has 1 atom stereocenters. The Balaban J connectivity index is 1.76. The molecule has 2 aromatic rings. The topological polar surface area (TPSA) is 83.0 Å². The molecule has 1 aliphatic rings. The van der Waals surface area contributed by atoms with E-state index in [1.807, 2.05) is 43.3 Å². The number of anilines is 1. The second kappa shape index (κ2) is 10.8. The van der Waals surface area contributed by atoms with Gasteiger partial charge in [0.25, 0.3) is 0 Å². The van der Waals surface area contributed by atoms with Crippen LogP contribution in [0.1, 0.15) is 38.2 Å². The van der Waals surface area contributed by atoms with Crippen molar-refractivity contribution in [2.75, 3.05) is 32.1 Å². The fourth-order valence-electron chi connectivity index (χ4n) is 3.94. The summed E-state index contributed by atoms with van der Waals surface area (Å²) >= 11 is 0. The number of carbonyl (C=O) groups is 1. The van der Waals surface area contributed by atoms with Gasteiger partial charge in [0.1, 0.15) is 25.4 Å². The lowest BCUT2D eigenvalue weighted by Gasteiger charge is -2.38. The number of amides is 1. The number of benzene rings is 2. The van der Waals surface area contributed by atoms with Crippen LogP contribution in [0.4, 0.5) is 10.5 Å². The van der Waals surface area contributed by atoms with Crippen LogP contribution in [-0.4, -0.2) is 49.4 Å². The first kappa shape index (κ1) is 22.6. The van der Waals surface area contributed by atoms with Crippen LogP contribution in [0.3, 0.4) is 0 Å². The predicted molar refractivity (Wildman–Crippen MR) is 119 cm³/mol. The third-order valence-corrected chi connectivity index (χ3v) is 5.58. The minimum Gasteiger partial charge on any atom is -0.854 e. The number of para-hydroxylation sites is 2. The van der Waals surface area contributed by atoms with Gasteiger partial charge < -0.3 is 14.6 Å². The molecule has 1 N–H and O–H groups in total. The van der Waals surface area contributed by atoms with Gasteiger partial charge in [-0.25, -0.2) is 4.79 Å². The van der Waals surface area contributed by atoms with Gasteiger partial charge in [-0.2, -0.15) is 4.59 Å². The van der Waals surface area contributed by atoms with E-state index in [1.165, 1.54) is 0 Å². The zero-order chi connectivity index (χ0) is 22.1. The zero-order valence-corrected chi connectivity index (χ0v) is 18.3. The van der Waals surface area contributed by atoms with Gasteiger partial charge in [-0.3, -0.25) is 5.32 Å². The molecule has 0 aliphatic carbocycles. The van der Waals surface area contributed by atoms with Crippen molar-refractivity contribution in [1.29, 1.82) is 0 Å². The highest BCUT2D eigenvalue weighted by Gasteiger charge is 2.34. The molecule has 3 rings (SSSR count). The van der Waals surface area contributed by atoms with Crippen LogP contribution in [0.5, 0.6) is 5.75 Å². The number of nitrogens with one attached hydrogen (secondary N) is 1. The van der Waals surface area contributed by atoms with E-state index in [0.29, 0.717) is 30.0 Å². The predicted octanol–water partition coefficient (Wildman–Crippen LogP) is 3.75. The van der Waals surface area contributed by atoms with Crippen LogP contribution in [0.2, 0.25) is 0 Å². The highest BCUT2D eigenvalue weighted by molar-refractivity contribution is 5.93. The summed E-state index contributed by atoms with van der Waals surface area (Å²) in [5.74, 6) is 0.208. The molecule has 0 radical (unpaired) electrons. The lowest BCUT2D eigenvalue weighted by molar-refractivity contribution is -0.942. The van der Waals surface area contributed by atoms with E-state index >= 15 is 0 Å². The largest absolute Gasteiger partial charge is 0.854 e. The first-order valence-corrected chi connectivity index (χ1v) is 10.8. The van der Waals surface area contributed by atoms with Crippen molar-refractivity contribution >= 4 is 17.7 Å². The minimum atomic E-state index is -0.496. The Morgan fingerprint density at radius 1 is 1.10 bits per heavy atom. The van der Waals surface area contributed by atoms with Gasteiger partial charge in [0, 0.05) is 11.3 Å². The van der Waals surface area contributed by atoms with E-state index in [0.717, 1.165) is 32.4 Å². The number of carbonyl (C=O) groups excluding carboxylic acids is 1. The van der Waals surface area contributed by atoms with Crippen LogP contribution < -0.4 is 15.2 Å². The molecule has 1 heterocycles. The van der Waals surface area contributed by atoms with Crippen molar-refractivity contribution in [3.05, 3.63) is 60.2 Å². The second-order valence-electron chi connectivity index (χ2n) is 7.82. The lowest BCUT2D eigenvalue weighted by Crippen LogP contribution is -2.53. The van der Waals surface area contributed by atoms with E-state index in [1.54, 1.807) is 25.3 Å². The van der Waals surface area contributed by atoms with Gasteiger partial charge in [0.2, 0.25) is 0 Å². The maximum atomic E-state index is 13.0. The molecule has 7 heteroatoms. The summed E-state index contributed by atoms with van der Waals surface area (Å²) in [6, 6.07) is 16.3. The molecule has 166 valence electrons. The van der Waals surface area contributed by atoms with Crippen molar-refractivity contribution in [3.63, 3.8) is 0 Å². The second-order valence-corrected chi connectivity index (χ2v) is 7.82. The summed E-state index contributed by atoms with van der Waals surface area (Å²) in [5.41, 5.74) is 1.13. The van der Waals surface area contributed by atoms with Crippen molar-refractivity contribution < 1.29 is 24.0 Å². The Morgan fingerprint density at radius 3 is 2.45 bits per heavy atom. The third kappa shape index (κ3) is 6.21. The molecule has 1 saturated heterocycles. The molecule has 1 amide bonds. The van der Waals surface area contributed by atoms with Gasteiger partial charge in [0.15, 0.2) is 6.10 Å². The average Bonchev–Trinajstić information content (AvgIpc) is 2.79. The minimum absolute atomic E-state index is 0.272. The quantitative estimate of drug-likeness (QED) is 0.397. The maximum Gasteiger partial charge on any atom is 0.412 e. The molecule has 0 aromatic heterocycles. The molecular weight excluding hydrogens is 394 g/mol. The molecule has 1 unspecified atom stereocenters. The molecule has 7 nitrogen and oxygen atoms in total. The summed E-state index contributed by atoms with van der Waals surface area (Å²) in [6.45, 7) is 3.95. The van der Waals surface area contributed by atoms with Crippen LogP contribution in [0, 0.1) is 0 Å². The molecule has 2 aromatic carbocycles. The first-order chi connectivity index (χ1) is 15.0. The molecule has 0 saturated carbocycles. The number of ether oxygens (including phenoxy) is 2. The van der Waals surface area contributed by atoms with E-state index in [4.69, 9.17) is 9.47 Å². The number of nitrogens with zero attached hydrogens (tertiary/aromatic N) is 2. The van der Waals surface area contributed by atoms with Crippen molar-refractivity contribution in [1.82, 2.24) is 0 Å². The smallest absolute Gasteiger partial charge is 0.412 e. The number of piperidine rings is 1. The summed E-state index contributed by atoms with van der Waals surface area (Å²) in [5, 5.41) is 20.4. The van der Waals surface area contributed by atoms with Gasteiger partial charge in [-0.05, 0) is 43.9 Å². The number of rotatable bonds is 8. The Morgan fingerprint density at radius 2 is 1.77 bits per heavy atom. The highest BCUT2D eigenvalue weighted by Crippen LogP contribution is 2.24. The Bertz CT molecular complexity index is 879. The summed E-state index contributed by atoms with van der Waals surface area (Å²) < 4.78 is 11.3. The molecule has 0 spiro atoms.